The highest BCUT2D eigenvalue weighted by Crippen LogP contribution is 2.30. The average molecular weight is 315 g/mol. The molecule has 1 aliphatic carbocycles. The van der Waals surface area contributed by atoms with Crippen LogP contribution >= 0.6 is 0 Å². The number of rotatable bonds is 4. The highest BCUT2D eigenvalue weighted by Gasteiger charge is 2.43. The van der Waals surface area contributed by atoms with Gasteiger partial charge in [-0.05, 0) is 18.4 Å². The fourth-order valence-corrected chi connectivity index (χ4v) is 2.87. The molecule has 0 radical (unpaired) electrons. The summed E-state index contributed by atoms with van der Waals surface area (Å²) in [5.74, 6) is -0.378. The largest absolute Gasteiger partial charge is 0.445 e. The van der Waals surface area contributed by atoms with E-state index in [1.54, 1.807) is 0 Å². The van der Waals surface area contributed by atoms with Crippen molar-refractivity contribution in [2.24, 2.45) is 0 Å². The van der Waals surface area contributed by atoms with Gasteiger partial charge in [0.25, 0.3) is 5.91 Å². The summed E-state index contributed by atoms with van der Waals surface area (Å²) >= 11 is 0. The van der Waals surface area contributed by atoms with Crippen molar-refractivity contribution in [2.75, 3.05) is 7.05 Å². The Morgan fingerprint density at radius 2 is 1.91 bits per heavy atom. The van der Waals surface area contributed by atoms with E-state index in [-0.39, 0.29) is 12.5 Å². The van der Waals surface area contributed by atoms with Crippen molar-refractivity contribution >= 4 is 12.0 Å². The van der Waals surface area contributed by atoms with Gasteiger partial charge in [-0.15, -0.1) is 0 Å². The van der Waals surface area contributed by atoms with E-state index in [0.717, 1.165) is 29.7 Å². The number of alkyl carbamates (subject to hydrolysis) is 1. The number of hydrogen-bond acceptors (Lipinski definition) is 4. The average Bonchev–Trinajstić information content (AvgIpc) is 2.60. The molecule has 6 nitrogen and oxygen atoms in total. The van der Waals surface area contributed by atoms with Gasteiger partial charge in [0.2, 0.25) is 0 Å². The minimum atomic E-state index is -1.03. The van der Waals surface area contributed by atoms with Crippen molar-refractivity contribution in [1.29, 1.82) is 5.26 Å². The molecule has 1 aliphatic rings. The maximum Gasteiger partial charge on any atom is 0.408 e. The van der Waals surface area contributed by atoms with E-state index < -0.39 is 11.6 Å². The van der Waals surface area contributed by atoms with Crippen molar-refractivity contribution < 1.29 is 14.3 Å². The number of hydrogen-bond donors (Lipinski definition) is 1. The van der Waals surface area contributed by atoms with Crippen LogP contribution in [0.2, 0.25) is 0 Å². The van der Waals surface area contributed by atoms with Crippen molar-refractivity contribution in [1.82, 2.24) is 10.2 Å². The molecule has 1 saturated carbocycles. The summed E-state index contributed by atoms with van der Waals surface area (Å²) in [4.78, 5) is 25.6. The topological polar surface area (TPSA) is 82.4 Å². The lowest BCUT2D eigenvalue weighted by atomic mass is 9.80. The molecule has 0 bridgehead atoms. The van der Waals surface area contributed by atoms with Crippen LogP contribution in [0.15, 0.2) is 30.3 Å². The lowest BCUT2D eigenvalue weighted by Crippen LogP contribution is -2.59. The first-order valence-corrected chi connectivity index (χ1v) is 7.74. The van der Waals surface area contributed by atoms with Crippen LogP contribution in [-0.2, 0) is 16.1 Å². The molecule has 0 aromatic heterocycles. The molecule has 0 aliphatic heterocycles. The Hall–Kier alpha value is -2.55. The minimum Gasteiger partial charge on any atom is -0.445 e. The van der Waals surface area contributed by atoms with Gasteiger partial charge in [-0.2, -0.15) is 5.26 Å². The third-order valence-electron chi connectivity index (χ3n) is 4.13. The Balaban J connectivity index is 2.01. The SMILES string of the molecule is CN(C#N)C(=O)C1(NC(=O)OCc2ccccc2)CCCCC1. The molecule has 0 atom stereocenters. The molecule has 0 saturated heterocycles. The fraction of sp³-hybridized carbons (Fsp3) is 0.471. The van der Waals surface area contributed by atoms with Crippen LogP contribution in [0.25, 0.3) is 0 Å². The van der Waals surface area contributed by atoms with Crippen LogP contribution < -0.4 is 5.32 Å². The lowest BCUT2D eigenvalue weighted by molar-refractivity contribution is -0.135. The van der Waals surface area contributed by atoms with Gasteiger partial charge in [0.1, 0.15) is 12.1 Å². The zero-order valence-corrected chi connectivity index (χ0v) is 13.2. The molecule has 0 spiro atoms. The fourth-order valence-electron chi connectivity index (χ4n) is 2.87. The Morgan fingerprint density at radius 3 is 2.52 bits per heavy atom. The van der Waals surface area contributed by atoms with Gasteiger partial charge in [-0.25, -0.2) is 4.79 Å². The number of carbonyl (C=O) groups excluding carboxylic acids is 2. The minimum absolute atomic E-state index is 0.144. The third-order valence-corrected chi connectivity index (χ3v) is 4.13. The first kappa shape index (κ1) is 16.8. The van der Waals surface area contributed by atoms with Crippen molar-refractivity contribution in [3.8, 4) is 6.19 Å². The zero-order valence-electron chi connectivity index (χ0n) is 13.2. The molecule has 2 amide bonds. The van der Waals surface area contributed by atoms with E-state index in [4.69, 9.17) is 10.00 Å². The lowest BCUT2D eigenvalue weighted by Gasteiger charge is -2.37. The summed E-state index contributed by atoms with van der Waals surface area (Å²) in [6.07, 6.45) is 4.93. The molecular weight excluding hydrogens is 294 g/mol. The van der Waals surface area contributed by atoms with Crippen molar-refractivity contribution in [2.45, 2.75) is 44.2 Å². The van der Waals surface area contributed by atoms with Gasteiger partial charge in [0.05, 0.1) is 0 Å². The summed E-state index contributed by atoms with van der Waals surface area (Å²) in [6.45, 7) is 0.144. The highest BCUT2D eigenvalue weighted by atomic mass is 16.5. The smallest absolute Gasteiger partial charge is 0.408 e. The van der Waals surface area contributed by atoms with Gasteiger partial charge < -0.3 is 10.1 Å². The summed E-state index contributed by atoms with van der Waals surface area (Å²) in [5.41, 5.74) is -0.155. The number of nitrogens with zero attached hydrogens (tertiary/aromatic N) is 2. The summed E-state index contributed by atoms with van der Waals surface area (Å²) < 4.78 is 5.22. The third kappa shape index (κ3) is 4.22. The van der Waals surface area contributed by atoms with Gasteiger partial charge in [0.15, 0.2) is 6.19 Å². The molecule has 122 valence electrons. The molecular formula is C17H21N3O3. The Labute approximate surface area is 136 Å². The summed E-state index contributed by atoms with van der Waals surface area (Å²) in [7, 11) is 1.41. The summed E-state index contributed by atoms with van der Waals surface area (Å²) in [6, 6.07) is 9.34. The quantitative estimate of drug-likeness (QED) is 0.684. The van der Waals surface area contributed by atoms with Crippen LogP contribution in [0.5, 0.6) is 0 Å². The molecule has 23 heavy (non-hydrogen) atoms. The number of ether oxygens (including phenoxy) is 1. The number of carbonyl (C=O) groups is 2. The van der Waals surface area contributed by atoms with Crippen LogP contribution in [0.4, 0.5) is 4.79 Å². The molecule has 1 N–H and O–H groups in total. The number of likely N-dealkylation sites (N-methyl/N-ethyl adjacent to an activating group) is 1. The second-order valence-electron chi connectivity index (χ2n) is 5.79. The number of amides is 2. The maximum absolute atomic E-state index is 12.5. The van der Waals surface area contributed by atoms with Gasteiger partial charge in [-0.3, -0.25) is 9.69 Å². The van der Waals surface area contributed by atoms with E-state index in [1.165, 1.54) is 7.05 Å². The predicted octanol–water partition coefficient (Wildman–Crippen LogP) is 2.56. The van der Waals surface area contributed by atoms with Crippen LogP contribution in [-0.4, -0.2) is 29.5 Å². The standard InChI is InChI=1S/C17H21N3O3/c1-20(13-18)15(21)17(10-6-3-7-11-17)19-16(22)23-12-14-8-4-2-5-9-14/h2,4-5,8-9H,3,6-7,10-12H2,1H3,(H,19,22). The number of benzene rings is 1. The molecule has 0 unspecified atom stereocenters. The van der Waals surface area contributed by atoms with Crippen molar-refractivity contribution in [3.63, 3.8) is 0 Å². The van der Waals surface area contributed by atoms with Crippen LogP contribution in [0.1, 0.15) is 37.7 Å². The van der Waals surface area contributed by atoms with E-state index >= 15 is 0 Å². The molecule has 1 aromatic rings. The Kier molecular flexibility index (Phi) is 5.58. The Bertz CT molecular complexity index is 589. The van der Waals surface area contributed by atoms with Crippen LogP contribution in [0.3, 0.4) is 0 Å². The van der Waals surface area contributed by atoms with E-state index in [9.17, 15) is 9.59 Å². The van der Waals surface area contributed by atoms with E-state index in [1.807, 2.05) is 36.5 Å². The predicted molar refractivity (Wildman–Crippen MR) is 84.0 cm³/mol. The Morgan fingerprint density at radius 1 is 1.26 bits per heavy atom. The molecule has 0 heterocycles. The first-order valence-electron chi connectivity index (χ1n) is 7.74. The summed E-state index contributed by atoms with van der Waals surface area (Å²) in [5, 5.41) is 11.7. The van der Waals surface area contributed by atoms with Crippen LogP contribution in [0, 0.1) is 11.5 Å². The molecule has 2 rings (SSSR count). The van der Waals surface area contributed by atoms with Gasteiger partial charge in [-0.1, -0.05) is 49.6 Å². The normalized spacial score (nSPS) is 16.0. The first-order chi connectivity index (χ1) is 11.1. The second kappa shape index (κ2) is 7.63. The van der Waals surface area contributed by atoms with E-state index in [0.29, 0.717) is 12.8 Å². The molecule has 1 aromatic carbocycles. The molecule has 6 heteroatoms. The van der Waals surface area contributed by atoms with Crippen molar-refractivity contribution in [3.05, 3.63) is 35.9 Å². The maximum atomic E-state index is 12.5. The van der Waals surface area contributed by atoms with Gasteiger partial charge in [0, 0.05) is 7.05 Å². The van der Waals surface area contributed by atoms with Gasteiger partial charge >= 0.3 is 6.09 Å². The second-order valence-corrected chi connectivity index (χ2v) is 5.79. The van der Waals surface area contributed by atoms with E-state index in [2.05, 4.69) is 5.32 Å². The number of nitrogens with one attached hydrogen (secondary N) is 1. The highest BCUT2D eigenvalue weighted by molar-refractivity contribution is 5.90. The number of nitriles is 1. The molecule has 1 fully saturated rings. The monoisotopic (exact) mass is 315 g/mol. The zero-order chi connectivity index (χ0) is 16.7.